The lowest BCUT2D eigenvalue weighted by atomic mass is 9.91. The van der Waals surface area contributed by atoms with E-state index in [4.69, 9.17) is 0 Å². The average molecular weight is 503 g/mol. The van der Waals surface area contributed by atoms with Gasteiger partial charge in [-0.05, 0) is 75.5 Å². The Kier molecular flexibility index (Phi) is 8.28. The van der Waals surface area contributed by atoms with Gasteiger partial charge in [0.25, 0.3) is 5.91 Å². The number of benzene rings is 1. The van der Waals surface area contributed by atoms with Gasteiger partial charge in [0.1, 0.15) is 11.4 Å². The van der Waals surface area contributed by atoms with Crippen LogP contribution in [-0.2, 0) is 11.0 Å². The number of alkyl halides is 3. The number of likely N-dealkylation sites (tertiary alicyclic amines) is 1. The third-order valence-electron chi connectivity index (χ3n) is 7.30. The van der Waals surface area contributed by atoms with E-state index in [2.05, 4.69) is 27.4 Å². The maximum absolute atomic E-state index is 12.9. The van der Waals surface area contributed by atoms with E-state index in [0.29, 0.717) is 11.7 Å². The fourth-order valence-electron chi connectivity index (χ4n) is 5.12. The molecular weight excluding hydrogens is 469 g/mol. The van der Waals surface area contributed by atoms with Gasteiger partial charge in [-0.2, -0.15) is 13.2 Å². The van der Waals surface area contributed by atoms with Gasteiger partial charge in [-0.1, -0.05) is 37.5 Å². The van der Waals surface area contributed by atoms with E-state index in [1.807, 2.05) is 18.2 Å². The Balaban J connectivity index is 1.32. The Morgan fingerprint density at radius 1 is 1.00 bits per heavy atom. The van der Waals surface area contributed by atoms with Gasteiger partial charge < -0.3 is 10.6 Å². The molecule has 6 nitrogen and oxygen atoms in total. The minimum Gasteiger partial charge on any atom is -0.353 e. The van der Waals surface area contributed by atoms with Gasteiger partial charge in [0.2, 0.25) is 5.91 Å². The summed E-state index contributed by atoms with van der Waals surface area (Å²) in [6.07, 6.45) is 2.80. The lowest BCUT2D eigenvalue weighted by Crippen LogP contribution is -2.44. The number of carbonyl (C=O) groups is 2. The summed E-state index contributed by atoms with van der Waals surface area (Å²) in [6.45, 7) is 3.68. The molecule has 1 aliphatic heterocycles. The molecule has 2 aromatic rings. The fraction of sp³-hybridized carbons (Fsp3) is 0.519. The molecule has 0 bridgehead atoms. The van der Waals surface area contributed by atoms with Crippen LogP contribution in [0.3, 0.4) is 0 Å². The van der Waals surface area contributed by atoms with Crippen molar-refractivity contribution in [1.29, 1.82) is 0 Å². The molecule has 1 unspecified atom stereocenters. The van der Waals surface area contributed by atoms with Crippen LogP contribution in [0.2, 0.25) is 0 Å². The summed E-state index contributed by atoms with van der Waals surface area (Å²) in [6, 6.07) is 11.0. The molecule has 0 spiro atoms. The van der Waals surface area contributed by atoms with Crippen molar-refractivity contribution in [2.24, 2.45) is 5.92 Å². The van der Waals surface area contributed by atoms with Crippen molar-refractivity contribution < 1.29 is 22.8 Å². The Labute approximate surface area is 209 Å². The van der Waals surface area contributed by atoms with Gasteiger partial charge in [-0.15, -0.1) is 0 Å². The lowest BCUT2D eigenvalue weighted by Gasteiger charge is -2.36. The molecule has 4 rings (SSSR count). The summed E-state index contributed by atoms with van der Waals surface area (Å²) in [5, 5.41) is 5.91. The van der Waals surface area contributed by atoms with E-state index in [9.17, 15) is 22.8 Å². The third kappa shape index (κ3) is 6.63. The number of halogens is 3. The van der Waals surface area contributed by atoms with Crippen LogP contribution in [0.4, 0.5) is 18.9 Å². The summed E-state index contributed by atoms with van der Waals surface area (Å²) >= 11 is 0. The first-order valence-corrected chi connectivity index (χ1v) is 12.7. The van der Waals surface area contributed by atoms with E-state index < -0.39 is 17.8 Å². The van der Waals surface area contributed by atoms with Gasteiger partial charge in [-0.3, -0.25) is 14.5 Å². The largest absolute Gasteiger partial charge is 0.433 e. The number of carbonyl (C=O) groups excluding carboxylic acids is 2. The Bertz CT molecular complexity index is 1060. The molecule has 1 saturated carbocycles. The highest BCUT2D eigenvalue weighted by atomic mass is 19.4. The Morgan fingerprint density at radius 3 is 2.39 bits per heavy atom. The van der Waals surface area contributed by atoms with Crippen molar-refractivity contribution in [3.05, 3.63) is 59.4 Å². The zero-order valence-corrected chi connectivity index (χ0v) is 20.5. The van der Waals surface area contributed by atoms with Gasteiger partial charge >= 0.3 is 6.18 Å². The molecule has 9 heteroatoms. The lowest BCUT2D eigenvalue weighted by molar-refractivity contribution is -0.141. The van der Waals surface area contributed by atoms with Gasteiger partial charge in [0.05, 0.1) is 0 Å². The van der Waals surface area contributed by atoms with Crippen LogP contribution in [0.25, 0.3) is 0 Å². The van der Waals surface area contributed by atoms with E-state index >= 15 is 0 Å². The molecule has 2 aliphatic rings. The predicted molar refractivity (Wildman–Crippen MR) is 131 cm³/mol. The molecule has 1 saturated heterocycles. The summed E-state index contributed by atoms with van der Waals surface area (Å²) in [5.41, 5.74) is 0.0745. The number of nitrogens with zero attached hydrogens (tertiary/aromatic N) is 2. The number of nitrogens with one attached hydrogen (secondary N) is 2. The van der Waals surface area contributed by atoms with Crippen LogP contribution in [0, 0.1) is 5.92 Å². The maximum Gasteiger partial charge on any atom is 0.433 e. The minimum absolute atomic E-state index is 0.0426. The smallest absolute Gasteiger partial charge is 0.353 e. The molecule has 2 amide bonds. The second-order valence-electron chi connectivity index (χ2n) is 9.82. The number of piperidine rings is 1. The maximum atomic E-state index is 12.9. The van der Waals surface area contributed by atoms with Crippen LogP contribution >= 0.6 is 0 Å². The second-order valence-corrected chi connectivity index (χ2v) is 9.82. The first-order chi connectivity index (χ1) is 17.2. The Morgan fingerprint density at radius 2 is 1.69 bits per heavy atom. The van der Waals surface area contributed by atoms with Crippen molar-refractivity contribution in [3.8, 4) is 0 Å². The van der Waals surface area contributed by atoms with Crippen LogP contribution in [-0.4, -0.2) is 40.8 Å². The third-order valence-corrected chi connectivity index (χ3v) is 7.30. The quantitative estimate of drug-likeness (QED) is 0.541. The number of amides is 2. The van der Waals surface area contributed by atoms with E-state index in [1.165, 1.54) is 31.4 Å². The molecule has 1 aromatic carbocycles. The van der Waals surface area contributed by atoms with Crippen LogP contribution in [0.15, 0.2) is 42.5 Å². The number of hydrogen-bond donors (Lipinski definition) is 2. The van der Waals surface area contributed by atoms with Crippen LogP contribution in [0.1, 0.15) is 79.7 Å². The molecular formula is C27H33F3N4O2. The van der Waals surface area contributed by atoms with Crippen LogP contribution < -0.4 is 10.6 Å². The van der Waals surface area contributed by atoms with Gasteiger partial charge in [0, 0.05) is 23.7 Å². The molecule has 2 N–H and O–H groups in total. The zero-order valence-electron chi connectivity index (χ0n) is 20.5. The van der Waals surface area contributed by atoms with Gasteiger partial charge in [0.15, 0.2) is 0 Å². The molecule has 194 valence electrons. The highest BCUT2D eigenvalue weighted by molar-refractivity contribution is 6.02. The number of hydrogen-bond acceptors (Lipinski definition) is 4. The average Bonchev–Trinajstić information content (AvgIpc) is 2.88. The van der Waals surface area contributed by atoms with Crippen molar-refractivity contribution in [2.45, 2.75) is 70.1 Å². The standard InChI is InChI=1S/C27H33F3N4O2/c1-18(34-15-13-19(14-16-34)25(35)31-21-8-3-2-4-9-21)20-7-5-10-22(17-20)32-26(36)23-11-6-12-24(33-23)27(28,29)30/h5-7,10-12,17-19,21H,2-4,8-9,13-16H2,1H3,(H,31,35)(H,32,36). The van der Waals surface area contributed by atoms with Crippen molar-refractivity contribution in [3.63, 3.8) is 0 Å². The summed E-state index contributed by atoms with van der Waals surface area (Å²) in [7, 11) is 0. The molecule has 36 heavy (non-hydrogen) atoms. The topological polar surface area (TPSA) is 74.3 Å². The molecule has 1 aliphatic carbocycles. The molecule has 1 atom stereocenters. The number of rotatable bonds is 6. The predicted octanol–water partition coefficient (Wildman–Crippen LogP) is 5.57. The van der Waals surface area contributed by atoms with E-state index in [1.54, 1.807) is 6.07 Å². The molecule has 1 aromatic heterocycles. The fourth-order valence-corrected chi connectivity index (χ4v) is 5.12. The summed E-state index contributed by atoms with van der Waals surface area (Å²) < 4.78 is 38.8. The van der Waals surface area contributed by atoms with Crippen molar-refractivity contribution in [1.82, 2.24) is 15.2 Å². The highest BCUT2D eigenvalue weighted by Gasteiger charge is 2.33. The minimum atomic E-state index is -4.62. The summed E-state index contributed by atoms with van der Waals surface area (Å²) in [5.74, 6) is -0.473. The highest BCUT2D eigenvalue weighted by Crippen LogP contribution is 2.30. The number of anilines is 1. The van der Waals surface area contributed by atoms with Crippen LogP contribution in [0.5, 0.6) is 0 Å². The normalized spacial score (nSPS) is 19.0. The first kappa shape index (κ1) is 26.1. The molecule has 2 heterocycles. The van der Waals surface area contributed by atoms with E-state index in [-0.39, 0.29) is 23.6 Å². The zero-order chi connectivity index (χ0) is 25.7. The molecule has 0 radical (unpaired) electrons. The number of aromatic nitrogens is 1. The number of pyridine rings is 1. The van der Waals surface area contributed by atoms with E-state index in [0.717, 1.165) is 50.4 Å². The molecule has 2 fully saturated rings. The second kappa shape index (κ2) is 11.4. The van der Waals surface area contributed by atoms with Crippen molar-refractivity contribution in [2.75, 3.05) is 18.4 Å². The monoisotopic (exact) mass is 502 g/mol. The van der Waals surface area contributed by atoms with Crippen molar-refractivity contribution >= 4 is 17.5 Å². The SMILES string of the molecule is CC(c1cccc(NC(=O)c2cccc(C(F)(F)F)n2)c1)N1CCC(C(=O)NC2CCCCC2)CC1. The first-order valence-electron chi connectivity index (χ1n) is 12.7. The van der Waals surface area contributed by atoms with Gasteiger partial charge in [-0.25, -0.2) is 4.98 Å². The summed E-state index contributed by atoms with van der Waals surface area (Å²) in [4.78, 5) is 31.0. The Hall–Kier alpha value is -2.94.